The second-order valence-electron chi connectivity index (χ2n) is 5.20. The molecular weight excluding hydrogens is 164 g/mol. The first kappa shape index (κ1) is 11.0. The molecule has 1 heterocycles. The standard InChI is InChI=1S/C11H22O2/c1-9(2)11(10(3,4)5)8-12-6-7-13-11/h9H,6-8H2,1-5H3. The summed E-state index contributed by atoms with van der Waals surface area (Å²) in [7, 11) is 0. The Morgan fingerprint density at radius 3 is 2.00 bits per heavy atom. The van der Waals surface area contributed by atoms with Crippen LogP contribution in [0, 0.1) is 11.3 Å². The van der Waals surface area contributed by atoms with Crippen molar-refractivity contribution >= 4 is 0 Å². The highest BCUT2D eigenvalue weighted by Crippen LogP contribution is 2.41. The van der Waals surface area contributed by atoms with Crippen LogP contribution < -0.4 is 0 Å². The molecule has 1 aliphatic heterocycles. The summed E-state index contributed by atoms with van der Waals surface area (Å²) in [4.78, 5) is 0. The number of ether oxygens (including phenoxy) is 2. The Labute approximate surface area is 81.6 Å². The SMILES string of the molecule is CC(C)C1(C(C)(C)C)COCCO1. The van der Waals surface area contributed by atoms with Gasteiger partial charge in [-0.25, -0.2) is 0 Å². The van der Waals surface area contributed by atoms with E-state index >= 15 is 0 Å². The van der Waals surface area contributed by atoms with Crippen molar-refractivity contribution in [3.8, 4) is 0 Å². The maximum atomic E-state index is 5.97. The summed E-state index contributed by atoms with van der Waals surface area (Å²) in [6.45, 7) is 13.3. The Bertz CT molecular complexity index is 161. The van der Waals surface area contributed by atoms with Gasteiger partial charge in [-0.05, 0) is 11.3 Å². The highest BCUT2D eigenvalue weighted by atomic mass is 16.6. The van der Waals surface area contributed by atoms with E-state index in [1.807, 2.05) is 0 Å². The molecule has 0 spiro atoms. The van der Waals surface area contributed by atoms with E-state index in [2.05, 4.69) is 34.6 Å². The van der Waals surface area contributed by atoms with Gasteiger partial charge in [0.25, 0.3) is 0 Å². The molecule has 0 N–H and O–H groups in total. The average molecular weight is 186 g/mol. The van der Waals surface area contributed by atoms with Crippen molar-refractivity contribution in [3.63, 3.8) is 0 Å². The van der Waals surface area contributed by atoms with Crippen LogP contribution in [0.1, 0.15) is 34.6 Å². The zero-order valence-electron chi connectivity index (χ0n) is 9.52. The third-order valence-electron chi connectivity index (χ3n) is 3.11. The molecule has 78 valence electrons. The molecule has 0 radical (unpaired) electrons. The van der Waals surface area contributed by atoms with E-state index in [0.29, 0.717) is 5.92 Å². The van der Waals surface area contributed by atoms with E-state index in [-0.39, 0.29) is 11.0 Å². The van der Waals surface area contributed by atoms with Gasteiger partial charge in [0.05, 0.1) is 25.4 Å². The van der Waals surface area contributed by atoms with Gasteiger partial charge >= 0.3 is 0 Å². The molecule has 0 saturated carbocycles. The van der Waals surface area contributed by atoms with Crippen molar-refractivity contribution in [2.75, 3.05) is 19.8 Å². The lowest BCUT2D eigenvalue weighted by molar-refractivity contribution is -0.224. The molecule has 2 heteroatoms. The van der Waals surface area contributed by atoms with Crippen molar-refractivity contribution in [2.24, 2.45) is 11.3 Å². The molecule has 0 amide bonds. The highest BCUT2D eigenvalue weighted by molar-refractivity contribution is 4.96. The van der Waals surface area contributed by atoms with Crippen LogP contribution in [0.2, 0.25) is 0 Å². The van der Waals surface area contributed by atoms with E-state index in [4.69, 9.17) is 9.47 Å². The lowest BCUT2D eigenvalue weighted by atomic mass is 9.70. The van der Waals surface area contributed by atoms with Crippen LogP contribution in [-0.2, 0) is 9.47 Å². The Kier molecular flexibility index (Phi) is 3.03. The van der Waals surface area contributed by atoms with Gasteiger partial charge in [-0.2, -0.15) is 0 Å². The van der Waals surface area contributed by atoms with Gasteiger partial charge in [0.15, 0.2) is 0 Å². The summed E-state index contributed by atoms with van der Waals surface area (Å²) in [6.07, 6.45) is 0. The fraction of sp³-hybridized carbons (Fsp3) is 1.00. The maximum absolute atomic E-state index is 5.97. The Hall–Kier alpha value is -0.0800. The molecule has 1 aliphatic rings. The van der Waals surface area contributed by atoms with Crippen molar-refractivity contribution in [1.82, 2.24) is 0 Å². The van der Waals surface area contributed by atoms with Gasteiger partial charge in [0.2, 0.25) is 0 Å². The minimum Gasteiger partial charge on any atom is -0.376 e. The largest absolute Gasteiger partial charge is 0.376 e. The highest BCUT2D eigenvalue weighted by Gasteiger charge is 2.47. The van der Waals surface area contributed by atoms with Crippen LogP contribution in [-0.4, -0.2) is 25.4 Å². The van der Waals surface area contributed by atoms with Crippen LogP contribution in [0.25, 0.3) is 0 Å². The van der Waals surface area contributed by atoms with Gasteiger partial charge in [0, 0.05) is 0 Å². The van der Waals surface area contributed by atoms with E-state index in [9.17, 15) is 0 Å². The van der Waals surface area contributed by atoms with Crippen LogP contribution in [0.15, 0.2) is 0 Å². The Morgan fingerprint density at radius 1 is 1.15 bits per heavy atom. The number of hydrogen-bond acceptors (Lipinski definition) is 2. The van der Waals surface area contributed by atoms with Crippen LogP contribution >= 0.6 is 0 Å². The first-order valence-electron chi connectivity index (χ1n) is 5.12. The molecule has 1 atom stereocenters. The molecular formula is C11H22O2. The predicted molar refractivity (Wildman–Crippen MR) is 53.8 cm³/mol. The zero-order valence-corrected chi connectivity index (χ0v) is 9.52. The zero-order chi connectivity index (χ0) is 10.1. The average Bonchev–Trinajstić information content (AvgIpc) is 2.03. The molecule has 0 aliphatic carbocycles. The number of hydrogen-bond donors (Lipinski definition) is 0. The van der Waals surface area contributed by atoms with Gasteiger partial charge in [-0.15, -0.1) is 0 Å². The van der Waals surface area contributed by atoms with Gasteiger partial charge in [0.1, 0.15) is 0 Å². The summed E-state index contributed by atoms with van der Waals surface area (Å²) in [6, 6.07) is 0. The summed E-state index contributed by atoms with van der Waals surface area (Å²) in [5.74, 6) is 0.493. The lowest BCUT2D eigenvalue weighted by Crippen LogP contribution is -2.56. The van der Waals surface area contributed by atoms with Crippen LogP contribution in [0.5, 0.6) is 0 Å². The second-order valence-corrected chi connectivity index (χ2v) is 5.20. The van der Waals surface area contributed by atoms with Gasteiger partial charge in [-0.1, -0.05) is 34.6 Å². The first-order valence-corrected chi connectivity index (χ1v) is 5.12. The maximum Gasteiger partial charge on any atom is 0.0986 e. The first-order chi connectivity index (χ1) is 5.90. The topological polar surface area (TPSA) is 18.5 Å². The van der Waals surface area contributed by atoms with Crippen molar-refractivity contribution in [1.29, 1.82) is 0 Å². The van der Waals surface area contributed by atoms with Crippen LogP contribution in [0.3, 0.4) is 0 Å². The van der Waals surface area contributed by atoms with Crippen LogP contribution in [0.4, 0.5) is 0 Å². The van der Waals surface area contributed by atoms with Crippen molar-refractivity contribution in [2.45, 2.75) is 40.2 Å². The lowest BCUT2D eigenvalue weighted by Gasteiger charge is -2.49. The van der Waals surface area contributed by atoms with E-state index in [1.165, 1.54) is 0 Å². The molecule has 1 saturated heterocycles. The molecule has 0 aromatic heterocycles. The van der Waals surface area contributed by atoms with Gasteiger partial charge in [-0.3, -0.25) is 0 Å². The molecule has 13 heavy (non-hydrogen) atoms. The monoisotopic (exact) mass is 186 g/mol. The fourth-order valence-electron chi connectivity index (χ4n) is 2.18. The minimum absolute atomic E-state index is 0.106. The third kappa shape index (κ3) is 1.89. The van der Waals surface area contributed by atoms with Gasteiger partial charge < -0.3 is 9.47 Å². The predicted octanol–water partition coefficient (Wildman–Crippen LogP) is 2.47. The summed E-state index contributed by atoms with van der Waals surface area (Å²) >= 11 is 0. The van der Waals surface area contributed by atoms with E-state index < -0.39 is 0 Å². The second kappa shape index (κ2) is 3.58. The van der Waals surface area contributed by atoms with Crippen molar-refractivity contribution < 1.29 is 9.47 Å². The van der Waals surface area contributed by atoms with Crippen molar-refractivity contribution in [3.05, 3.63) is 0 Å². The fourth-order valence-corrected chi connectivity index (χ4v) is 2.18. The molecule has 1 fully saturated rings. The number of rotatable bonds is 1. The molecule has 0 bridgehead atoms. The molecule has 2 nitrogen and oxygen atoms in total. The van der Waals surface area contributed by atoms with E-state index in [0.717, 1.165) is 19.8 Å². The molecule has 1 rings (SSSR count). The Balaban J connectivity index is 2.86. The quantitative estimate of drug-likeness (QED) is 0.626. The summed E-state index contributed by atoms with van der Waals surface area (Å²) in [5, 5.41) is 0. The third-order valence-corrected chi connectivity index (χ3v) is 3.11. The smallest absolute Gasteiger partial charge is 0.0986 e. The van der Waals surface area contributed by atoms with E-state index in [1.54, 1.807) is 0 Å². The molecule has 0 aromatic carbocycles. The summed E-state index contributed by atoms with van der Waals surface area (Å²) in [5.41, 5.74) is 0.0346. The molecule has 1 unspecified atom stereocenters. The summed E-state index contributed by atoms with van der Waals surface area (Å²) < 4.78 is 11.5. The molecule has 0 aromatic rings. The Morgan fingerprint density at radius 2 is 1.77 bits per heavy atom. The normalized spacial score (nSPS) is 30.9. The minimum atomic E-state index is -0.106.